The first-order valence-electron chi connectivity index (χ1n) is 7.65. The first kappa shape index (κ1) is 14.1. The highest BCUT2D eigenvalue weighted by Crippen LogP contribution is 2.26. The van der Waals surface area contributed by atoms with Gasteiger partial charge in [0.2, 0.25) is 0 Å². The van der Waals surface area contributed by atoms with Crippen LogP contribution in [-0.2, 0) is 6.42 Å². The first-order chi connectivity index (χ1) is 10.1. The number of aryl methyl sites for hydroxylation is 1. The molecule has 5 heteroatoms. The largest absolute Gasteiger partial charge is 0.805 e. The Bertz CT molecular complexity index is 730. The Morgan fingerprint density at radius 1 is 1.48 bits per heavy atom. The third-order valence-corrected chi connectivity index (χ3v) is 4.32. The van der Waals surface area contributed by atoms with E-state index >= 15 is 0 Å². The molecule has 0 amide bonds. The van der Waals surface area contributed by atoms with E-state index in [9.17, 15) is 10.1 Å². The van der Waals surface area contributed by atoms with E-state index in [1.807, 2.05) is 12.1 Å². The monoisotopic (exact) mass is 287 g/mol. The van der Waals surface area contributed by atoms with Crippen LogP contribution in [-0.4, -0.2) is 11.3 Å². The third-order valence-electron chi connectivity index (χ3n) is 4.32. The third kappa shape index (κ3) is 2.21. The minimum atomic E-state index is -0.0122. The number of benzene rings is 1. The molecule has 1 N–H and O–H groups in total. The summed E-state index contributed by atoms with van der Waals surface area (Å²) in [7, 11) is 0. The lowest BCUT2D eigenvalue weighted by molar-refractivity contribution is -0.479. The van der Waals surface area contributed by atoms with Crippen LogP contribution >= 0.6 is 0 Å². The van der Waals surface area contributed by atoms with Crippen molar-refractivity contribution < 1.29 is 4.43 Å². The molecule has 5 nitrogen and oxygen atoms in total. The average molecular weight is 287 g/mol. The van der Waals surface area contributed by atoms with Gasteiger partial charge < -0.3 is 15.3 Å². The number of aromatic nitrogens is 2. The van der Waals surface area contributed by atoms with Crippen molar-refractivity contribution in [2.45, 2.75) is 45.6 Å². The Balaban J connectivity index is 2.34. The van der Waals surface area contributed by atoms with Crippen molar-refractivity contribution in [3.63, 3.8) is 0 Å². The van der Waals surface area contributed by atoms with Crippen LogP contribution in [0.3, 0.4) is 0 Å². The van der Waals surface area contributed by atoms with Crippen LogP contribution in [0.15, 0.2) is 18.2 Å². The van der Waals surface area contributed by atoms with Gasteiger partial charge in [0.15, 0.2) is 0 Å². The second-order valence-electron chi connectivity index (χ2n) is 5.74. The van der Waals surface area contributed by atoms with Gasteiger partial charge in [-0.05, 0) is 38.8 Å². The lowest BCUT2D eigenvalue weighted by Gasteiger charge is -2.19. The molecule has 3 rings (SSSR count). The van der Waals surface area contributed by atoms with Crippen molar-refractivity contribution in [2.75, 3.05) is 6.54 Å². The van der Waals surface area contributed by atoms with Gasteiger partial charge in [0.05, 0.1) is 16.2 Å². The van der Waals surface area contributed by atoms with Gasteiger partial charge in [-0.3, -0.25) is 0 Å². The predicted octanol–water partition coefficient (Wildman–Crippen LogP) is 2.59. The summed E-state index contributed by atoms with van der Waals surface area (Å²) >= 11 is 0. The van der Waals surface area contributed by atoms with Crippen LogP contribution in [0, 0.1) is 17.0 Å². The molecule has 112 valence electrons. The number of hydrogen-bond acceptors (Lipinski definition) is 3. The number of fused-ring (bicyclic) bond motifs is 1. The van der Waals surface area contributed by atoms with Crippen LogP contribution in [0.25, 0.3) is 11.0 Å². The fraction of sp³-hybridized carbons (Fsp3) is 0.500. The second-order valence-corrected chi connectivity index (χ2v) is 5.74. The Labute approximate surface area is 123 Å². The number of nitrogens with zero attached hydrogens (tertiary/aromatic N) is 2. The van der Waals surface area contributed by atoms with Crippen molar-refractivity contribution in [3.05, 3.63) is 45.3 Å². The van der Waals surface area contributed by atoms with Crippen molar-refractivity contribution in [2.24, 2.45) is 0 Å². The van der Waals surface area contributed by atoms with Crippen LogP contribution < -0.4 is 9.74 Å². The number of nitrogens with one attached hydrogen (secondary N) is 1. The fourth-order valence-corrected chi connectivity index (χ4v) is 3.31. The quantitative estimate of drug-likeness (QED) is 0.883. The van der Waals surface area contributed by atoms with Gasteiger partial charge in [-0.15, -0.1) is 0 Å². The zero-order chi connectivity index (χ0) is 15.0. The first-order valence-corrected chi connectivity index (χ1v) is 7.65. The van der Waals surface area contributed by atoms with E-state index in [0.29, 0.717) is 22.4 Å². The molecule has 1 unspecified atom stereocenters. The number of rotatable bonds is 3. The molecule has 0 saturated carbocycles. The van der Waals surface area contributed by atoms with E-state index in [2.05, 4.69) is 12.2 Å². The van der Waals surface area contributed by atoms with E-state index in [0.717, 1.165) is 46.9 Å². The molecule has 1 aromatic heterocycles. The van der Waals surface area contributed by atoms with Gasteiger partial charge in [-0.2, -0.15) is 0 Å². The van der Waals surface area contributed by atoms with E-state index < -0.39 is 0 Å². The minimum Gasteiger partial charge on any atom is -0.805 e. The molecule has 1 atom stereocenters. The summed E-state index contributed by atoms with van der Waals surface area (Å²) in [6.07, 6.45) is 3.70. The SMILES string of the molecule is CCCc1cccc2c1[n+](=O)c(C1CCCN1)c(C)n2[O-]. The molecule has 2 heterocycles. The molecule has 1 saturated heterocycles. The van der Waals surface area contributed by atoms with Crippen molar-refractivity contribution in [1.82, 2.24) is 10.0 Å². The summed E-state index contributed by atoms with van der Waals surface area (Å²) in [5.74, 6) is 0. The molecule has 0 radical (unpaired) electrons. The van der Waals surface area contributed by atoms with Gasteiger partial charge >= 0.3 is 0 Å². The molecule has 0 spiro atoms. The molecule has 0 bridgehead atoms. The second kappa shape index (κ2) is 5.48. The summed E-state index contributed by atoms with van der Waals surface area (Å²) in [6, 6.07) is 5.52. The number of para-hydroxylation sites is 1. The van der Waals surface area contributed by atoms with Crippen molar-refractivity contribution in [3.8, 4) is 0 Å². The molecule has 1 aromatic carbocycles. The summed E-state index contributed by atoms with van der Waals surface area (Å²) < 4.78 is 1.91. The van der Waals surface area contributed by atoms with Crippen LogP contribution in [0.4, 0.5) is 0 Å². The molecule has 1 aliphatic rings. The molecule has 1 fully saturated rings. The maximum Gasteiger partial charge on any atom is 0.289 e. The van der Waals surface area contributed by atoms with Gasteiger partial charge in [-0.25, -0.2) is 0 Å². The number of hydrogen-bond donors (Lipinski definition) is 1. The average Bonchev–Trinajstić information content (AvgIpc) is 2.99. The van der Waals surface area contributed by atoms with Crippen LogP contribution in [0.5, 0.6) is 0 Å². The van der Waals surface area contributed by atoms with E-state index in [4.69, 9.17) is 0 Å². The molecule has 1 aliphatic heterocycles. The van der Waals surface area contributed by atoms with Gasteiger partial charge in [0.1, 0.15) is 5.52 Å². The summed E-state index contributed by atoms with van der Waals surface area (Å²) in [4.78, 5) is 12.9. The Morgan fingerprint density at radius 3 is 2.95 bits per heavy atom. The summed E-state index contributed by atoms with van der Waals surface area (Å²) in [5.41, 5.74) is 3.04. The Kier molecular flexibility index (Phi) is 3.68. The summed E-state index contributed by atoms with van der Waals surface area (Å²) in [5, 5.41) is 15.9. The Morgan fingerprint density at radius 2 is 2.29 bits per heavy atom. The van der Waals surface area contributed by atoms with Gasteiger partial charge in [-0.1, -0.05) is 25.5 Å². The molecular formula is C16H21N3O2. The van der Waals surface area contributed by atoms with Crippen LogP contribution in [0.2, 0.25) is 0 Å². The van der Waals surface area contributed by atoms with Gasteiger partial charge in [0.25, 0.3) is 11.2 Å². The normalized spacial score (nSPS) is 18.5. The molecule has 2 aromatic rings. The topological polar surface area (TPSA) is 63.0 Å². The van der Waals surface area contributed by atoms with Crippen LogP contribution in [0.1, 0.15) is 49.2 Å². The van der Waals surface area contributed by atoms with E-state index in [-0.39, 0.29) is 6.04 Å². The highest BCUT2D eigenvalue weighted by atomic mass is 16.5. The van der Waals surface area contributed by atoms with Crippen molar-refractivity contribution in [1.29, 1.82) is 0 Å². The predicted molar refractivity (Wildman–Crippen MR) is 82.8 cm³/mol. The Hall–Kier alpha value is -1.88. The summed E-state index contributed by atoms with van der Waals surface area (Å²) in [6.45, 7) is 4.72. The maximum atomic E-state index is 12.9. The van der Waals surface area contributed by atoms with E-state index in [1.54, 1.807) is 13.0 Å². The zero-order valence-electron chi connectivity index (χ0n) is 12.6. The smallest absolute Gasteiger partial charge is 0.289 e. The highest BCUT2D eigenvalue weighted by Gasteiger charge is 2.31. The minimum absolute atomic E-state index is 0.0122. The lowest BCUT2D eigenvalue weighted by atomic mass is 10.1. The molecule has 0 aliphatic carbocycles. The lowest BCUT2D eigenvalue weighted by Crippen LogP contribution is -2.33. The zero-order valence-corrected chi connectivity index (χ0v) is 12.6. The van der Waals surface area contributed by atoms with E-state index in [1.165, 1.54) is 0 Å². The highest BCUT2D eigenvalue weighted by molar-refractivity contribution is 5.76. The molecular weight excluding hydrogens is 266 g/mol. The molecule has 21 heavy (non-hydrogen) atoms. The maximum absolute atomic E-state index is 12.9. The fourth-order valence-electron chi connectivity index (χ4n) is 3.31. The van der Waals surface area contributed by atoms with Gasteiger partial charge in [0, 0.05) is 10.5 Å². The van der Waals surface area contributed by atoms with Crippen molar-refractivity contribution >= 4 is 11.0 Å². The standard InChI is InChI=1S/C16H21N3O2/c1-3-6-12-7-4-9-14-16(12)19(21)15(11(2)18(14)20)13-8-5-10-17-13/h4,7,9,13,17H,3,5-6,8,10H2,1-2H3.